The predicted octanol–water partition coefficient (Wildman–Crippen LogP) is 5.78. The Kier molecular flexibility index (Phi) is 7.02. The molecular weight excluding hydrogens is 421 g/mol. The average molecular weight is 444 g/mol. The Bertz CT molecular complexity index is 1030. The van der Waals surface area contributed by atoms with Gasteiger partial charge in [-0.15, -0.1) is 0 Å². The number of carboxylic acid groups (broad SMARTS) is 1. The number of carbonyl (C=O) groups is 1. The number of likely N-dealkylation sites (N-methyl/N-ethyl adjacent to an activating group) is 1. The number of halogens is 3. The summed E-state index contributed by atoms with van der Waals surface area (Å²) in [7, 11) is 1.73. The number of aromatic nitrogens is 1. The van der Waals surface area contributed by atoms with E-state index in [0.29, 0.717) is 24.5 Å². The van der Waals surface area contributed by atoms with E-state index in [2.05, 4.69) is 4.98 Å². The molecule has 0 fully saturated rings. The molecule has 32 heavy (non-hydrogen) atoms. The monoisotopic (exact) mass is 444 g/mol. The molecule has 1 atom stereocenters. The Labute approximate surface area is 184 Å². The van der Waals surface area contributed by atoms with Crippen molar-refractivity contribution in [1.82, 2.24) is 4.98 Å². The van der Waals surface area contributed by atoms with Crippen molar-refractivity contribution >= 4 is 11.7 Å². The quantitative estimate of drug-likeness (QED) is 0.477. The lowest BCUT2D eigenvalue weighted by atomic mass is 10.0. The first-order chi connectivity index (χ1) is 15.2. The molecule has 0 aliphatic heterocycles. The number of carboxylic acids is 1. The topological polar surface area (TPSA) is 62.7 Å². The number of hydrogen-bond acceptors (Lipinski definition) is 4. The van der Waals surface area contributed by atoms with Crippen molar-refractivity contribution < 1.29 is 27.8 Å². The molecule has 0 saturated heterocycles. The summed E-state index contributed by atoms with van der Waals surface area (Å²) in [6.07, 6.45) is -1.80. The van der Waals surface area contributed by atoms with Crippen LogP contribution in [0.1, 0.15) is 30.0 Å². The molecule has 0 radical (unpaired) electrons. The van der Waals surface area contributed by atoms with Gasteiger partial charge in [-0.25, -0.2) is 9.78 Å². The molecule has 3 aromatic rings. The van der Waals surface area contributed by atoms with Crippen LogP contribution in [0.4, 0.5) is 18.9 Å². The Balaban J connectivity index is 1.61. The van der Waals surface area contributed by atoms with Crippen molar-refractivity contribution in [2.75, 3.05) is 11.9 Å². The number of nitrogens with zero attached hydrogens (tertiary/aromatic N) is 2. The van der Waals surface area contributed by atoms with E-state index in [1.54, 1.807) is 54.5 Å². The molecule has 0 amide bonds. The van der Waals surface area contributed by atoms with Crippen LogP contribution in [-0.2, 0) is 17.4 Å². The molecule has 0 spiro atoms. The van der Waals surface area contributed by atoms with Crippen molar-refractivity contribution in [3.8, 4) is 11.6 Å². The second-order valence-electron chi connectivity index (χ2n) is 7.35. The third-order valence-corrected chi connectivity index (χ3v) is 5.09. The van der Waals surface area contributed by atoms with Crippen LogP contribution < -0.4 is 9.64 Å². The molecular formula is C24H23F3N2O3. The first-order valence-electron chi connectivity index (χ1n) is 10.0. The van der Waals surface area contributed by atoms with E-state index >= 15 is 0 Å². The van der Waals surface area contributed by atoms with Gasteiger partial charge in [-0.3, -0.25) is 0 Å². The fourth-order valence-electron chi connectivity index (χ4n) is 3.29. The smallest absolute Gasteiger partial charge is 0.416 e. The van der Waals surface area contributed by atoms with E-state index in [1.807, 2.05) is 6.92 Å². The van der Waals surface area contributed by atoms with Gasteiger partial charge in [0.1, 0.15) is 11.8 Å². The predicted molar refractivity (Wildman–Crippen MR) is 115 cm³/mol. The van der Waals surface area contributed by atoms with E-state index in [4.69, 9.17) is 4.74 Å². The van der Waals surface area contributed by atoms with E-state index < -0.39 is 23.8 Å². The molecule has 1 aromatic heterocycles. The number of alkyl halides is 3. The highest BCUT2D eigenvalue weighted by atomic mass is 19.4. The van der Waals surface area contributed by atoms with Crippen LogP contribution in [-0.4, -0.2) is 29.1 Å². The average Bonchev–Trinajstić information content (AvgIpc) is 2.75. The number of anilines is 1. The lowest BCUT2D eigenvalue weighted by Crippen LogP contribution is -2.37. The third kappa shape index (κ3) is 5.78. The number of benzene rings is 2. The highest BCUT2D eigenvalue weighted by molar-refractivity contribution is 5.78. The zero-order valence-electron chi connectivity index (χ0n) is 17.6. The highest BCUT2D eigenvalue weighted by Gasteiger charge is 2.29. The van der Waals surface area contributed by atoms with E-state index in [1.165, 1.54) is 12.1 Å². The minimum atomic E-state index is -4.35. The maximum absolute atomic E-state index is 12.7. The summed E-state index contributed by atoms with van der Waals surface area (Å²) in [5, 5.41) is 9.29. The minimum Gasteiger partial charge on any atom is -0.480 e. The van der Waals surface area contributed by atoms with Gasteiger partial charge in [0, 0.05) is 25.0 Å². The summed E-state index contributed by atoms with van der Waals surface area (Å²) in [5.74, 6) is 0.0451. The summed E-state index contributed by atoms with van der Waals surface area (Å²) in [4.78, 5) is 17.3. The Hall–Kier alpha value is -3.55. The van der Waals surface area contributed by atoms with Crippen molar-refractivity contribution in [3.63, 3.8) is 0 Å². The molecule has 1 N–H and O–H groups in total. The van der Waals surface area contributed by atoms with Gasteiger partial charge in [-0.05, 0) is 60.4 Å². The SMILES string of the molecule is CCC(C(=O)O)N(C)c1ccc(Oc2ccc(Cc3ccc(C(F)(F)F)cc3)cn2)cc1. The van der Waals surface area contributed by atoms with Gasteiger partial charge in [-0.1, -0.05) is 25.1 Å². The van der Waals surface area contributed by atoms with E-state index in [-0.39, 0.29) is 0 Å². The van der Waals surface area contributed by atoms with Gasteiger partial charge >= 0.3 is 12.1 Å². The number of aliphatic carboxylic acids is 1. The van der Waals surface area contributed by atoms with E-state index in [0.717, 1.165) is 28.9 Å². The first-order valence-corrected chi connectivity index (χ1v) is 10.0. The number of rotatable bonds is 8. The van der Waals surface area contributed by atoms with Crippen molar-refractivity contribution in [1.29, 1.82) is 0 Å². The first kappa shape index (κ1) is 23.1. The number of hydrogen-bond donors (Lipinski definition) is 1. The normalized spacial score (nSPS) is 12.3. The second-order valence-corrected chi connectivity index (χ2v) is 7.35. The van der Waals surface area contributed by atoms with Crippen LogP contribution in [0.15, 0.2) is 66.9 Å². The zero-order valence-corrected chi connectivity index (χ0v) is 17.6. The number of pyridine rings is 1. The van der Waals surface area contributed by atoms with Gasteiger partial charge < -0.3 is 14.7 Å². The fraction of sp³-hybridized carbons (Fsp3) is 0.250. The molecule has 1 unspecified atom stereocenters. The van der Waals surface area contributed by atoms with Gasteiger partial charge in [0.25, 0.3) is 0 Å². The van der Waals surface area contributed by atoms with Crippen LogP contribution in [0.5, 0.6) is 11.6 Å². The lowest BCUT2D eigenvalue weighted by molar-refractivity contribution is -0.139. The van der Waals surface area contributed by atoms with Crippen molar-refractivity contribution in [2.24, 2.45) is 0 Å². The molecule has 0 bridgehead atoms. The van der Waals surface area contributed by atoms with Crippen LogP contribution in [0.3, 0.4) is 0 Å². The van der Waals surface area contributed by atoms with Crippen LogP contribution in [0.25, 0.3) is 0 Å². The second kappa shape index (κ2) is 9.72. The van der Waals surface area contributed by atoms with E-state index in [9.17, 15) is 23.1 Å². The molecule has 0 aliphatic rings. The fourth-order valence-corrected chi connectivity index (χ4v) is 3.29. The van der Waals surface area contributed by atoms with Gasteiger partial charge in [0.2, 0.25) is 5.88 Å². The molecule has 8 heteroatoms. The van der Waals surface area contributed by atoms with Crippen LogP contribution >= 0.6 is 0 Å². The standard InChI is InChI=1S/C24H23F3N2O3/c1-3-21(23(30)31)29(2)19-9-11-20(12-10-19)32-22-13-6-17(15-28-22)14-16-4-7-18(8-5-16)24(25,26)27/h4-13,15,21H,3,14H2,1-2H3,(H,30,31). The molecule has 0 aliphatic carbocycles. The Morgan fingerprint density at radius 2 is 1.66 bits per heavy atom. The molecule has 2 aromatic carbocycles. The van der Waals surface area contributed by atoms with Crippen LogP contribution in [0, 0.1) is 0 Å². The summed E-state index contributed by atoms with van der Waals surface area (Å²) in [6.45, 7) is 1.82. The highest BCUT2D eigenvalue weighted by Crippen LogP contribution is 2.29. The lowest BCUT2D eigenvalue weighted by Gasteiger charge is -2.25. The van der Waals surface area contributed by atoms with Crippen molar-refractivity contribution in [2.45, 2.75) is 32.0 Å². The number of ether oxygens (including phenoxy) is 1. The van der Waals surface area contributed by atoms with Gasteiger partial charge in [0.05, 0.1) is 5.56 Å². The summed E-state index contributed by atoms with van der Waals surface area (Å²) in [5.41, 5.74) is 1.67. The zero-order chi connectivity index (χ0) is 23.3. The molecule has 5 nitrogen and oxygen atoms in total. The molecule has 1 heterocycles. The van der Waals surface area contributed by atoms with Gasteiger partial charge in [-0.2, -0.15) is 13.2 Å². The Morgan fingerprint density at radius 3 is 2.16 bits per heavy atom. The molecule has 0 saturated carbocycles. The largest absolute Gasteiger partial charge is 0.480 e. The maximum Gasteiger partial charge on any atom is 0.416 e. The molecule has 3 rings (SSSR count). The summed E-state index contributed by atoms with van der Waals surface area (Å²) < 4.78 is 43.7. The van der Waals surface area contributed by atoms with Gasteiger partial charge in [0.15, 0.2) is 0 Å². The molecule has 168 valence electrons. The summed E-state index contributed by atoms with van der Waals surface area (Å²) >= 11 is 0. The van der Waals surface area contributed by atoms with Crippen molar-refractivity contribution in [3.05, 3.63) is 83.6 Å². The maximum atomic E-state index is 12.7. The van der Waals surface area contributed by atoms with Crippen LogP contribution in [0.2, 0.25) is 0 Å². The summed E-state index contributed by atoms with van der Waals surface area (Å²) in [6, 6.07) is 15.0. The Morgan fingerprint density at radius 1 is 1.03 bits per heavy atom. The minimum absolute atomic E-state index is 0.374. The third-order valence-electron chi connectivity index (χ3n) is 5.09.